The number of carbonyl (C=O) groups excluding carboxylic acids is 3. The van der Waals surface area contributed by atoms with Crippen molar-refractivity contribution in [2.75, 3.05) is 27.9 Å². The van der Waals surface area contributed by atoms with Crippen molar-refractivity contribution < 1.29 is 32.3 Å². The molecule has 1 aromatic heterocycles. The third-order valence-corrected chi connectivity index (χ3v) is 8.06. The molecule has 3 aromatic carbocycles. The maximum Gasteiger partial charge on any atom is 0.573 e. The zero-order chi connectivity index (χ0) is 33.2. The van der Waals surface area contributed by atoms with Crippen molar-refractivity contribution in [2.45, 2.75) is 38.5 Å². The fourth-order valence-electron chi connectivity index (χ4n) is 4.74. The number of hydrogen-bond acceptors (Lipinski definition) is 7. The quantitative estimate of drug-likeness (QED) is 0.237. The number of nitrogens with one attached hydrogen (secondary N) is 2. The summed E-state index contributed by atoms with van der Waals surface area (Å²) in [6.07, 6.45) is -3.48. The number of rotatable bonds is 8. The Balaban J connectivity index is 1.20. The van der Waals surface area contributed by atoms with Crippen LogP contribution in [-0.2, 0) is 4.79 Å². The summed E-state index contributed by atoms with van der Waals surface area (Å²) in [5.41, 5.74) is 3.32. The van der Waals surface area contributed by atoms with Gasteiger partial charge in [-0.25, -0.2) is 9.48 Å². The number of hydrogen-bond donors (Lipinski definition) is 2. The normalized spacial score (nSPS) is 14.8. The number of aryl methyl sites for hydroxylation is 1. The first-order valence-electron chi connectivity index (χ1n) is 14.1. The first-order valence-corrected chi connectivity index (χ1v) is 15.1. The molecule has 1 atom stereocenters. The van der Waals surface area contributed by atoms with Crippen LogP contribution in [0.5, 0.6) is 5.75 Å². The molecule has 240 valence electrons. The third kappa shape index (κ3) is 7.42. The van der Waals surface area contributed by atoms with Crippen molar-refractivity contribution in [3.63, 3.8) is 0 Å². The highest BCUT2D eigenvalue weighted by molar-refractivity contribution is 8.01. The van der Waals surface area contributed by atoms with Gasteiger partial charge in [-0.3, -0.25) is 19.4 Å². The van der Waals surface area contributed by atoms with Crippen LogP contribution in [0.2, 0.25) is 0 Å². The van der Waals surface area contributed by atoms with Crippen LogP contribution in [-0.4, -0.2) is 57.3 Å². The standard InChI is InChI=1S/C31H30F3N7O4S/c1-18(2)24-14-5-19(3)15-25(24)41-26(42)16-46-30(41)37-29(44)36-21-8-6-20(7-9-21)27(43)39(4)28-35-17-40(38-28)22-10-12-23(13-11-22)45-31(32,33)34/h5-15,17-18,30H,16H2,1-4H3,(H2,36,37,44). The average Bonchev–Trinajstić information content (AvgIpc) is 3.63. The molecule has 1 aliphatic heterocycles. The van der Waals surface area contributed by atoms with Gasteiger partial charge in [-0.15, -0.1) is 30.0 Å². The molecule has 46 heavy (non-hydrogen) atoms. The second-order valence-corrected chi connectivity index (χ2v) is 11.8. The second kappa shape index (κ2) is 13.1. The van der Waals surface area contributed by atoms with Crippen molar-refractivity contribution in [1.29, 1.82) is 0 Å². The van der Waals surface area contributed by atoms with Crippen LogP contribution in [0.3, 0.4) is 0 Å². The molecule has 5 rings (SSSR count). The van der Waals surface area contributed by atoms with Crippen LogP contribution in [0, 0.1) is 6.92 Å². The molecule has 1 aliphatic rings. The molecule has 0 spiro atoms. The number of anilines is 3. The molecule has 2 N–H and O–H groups in total. The molecule has 2 heterocycles. The summed E-state index contributed by atoms with van der Waals surface area (Å²) >= 11 is 1.32. The number of halogens is 3. The molecular formula is C31H30F3N7O4S. The number of alkyl halides is 3. The monoisotopic (exact) mass is 653 g/mol. The van der Waals surface area contributed by atoms with Crippen LogP contribution in [0.1, 0.15) is 41.3 Å². The summed E-state index contributed by atoms with van der Waals surface area (Å²) in [6.45, 7) is 6.05. The molecule has 0 bridgehead atoms. The lowest BCUT2D eigenvalue weighted by Gasteiger charge is -2.28. The Morgan fingerprint density at radius 3 is 2.41 bits per heavy atom. The minimum Gasteiger partial charge on any atom is -0.406 e. The summed E-state index contributed by atoms with van der Waals surface area (Å²) in [6, 6.07) is 16.7. The Kier molecular flexibility index (Phi) is 9.23. The van der Waals surface area contributed by atoms with Crippen molar-refractivity contribution in [3.05, 3.63) is 89.7 Å². The first kappa shape index (κ1) is 32.3. The Morgan fingerprint density at radius 2 is 1.76 bits per heavy atom. The van der Waals surface area contributed by atoms with E-state index in [-0.39, 0.29) is 29.3 Å². The number of amides is 4. The van der Waals surface area contributed by atoms with Crippen molar-refractivity contribution in [2.24, 2.45) is 0 Å². The molecule has 1 unspecified atom stereocenters. The molecule has 11 nitrogen and oxygen atoms in total. The lowest BCUT2D eigenvalue weighted by atomic mass is 9.98. The van der Waals surface area contributed by atoms with Crippen LogP contribution in [0.4, 0.5) is 35.3 Å². The lowest BCUT2D eigenvalue weighted by Crippen LogP contribution is -2.46. The zero-order valence-corrected chi connectivity index (χ0v) is 26.0. The van der Waals surface area contributed by atoms with E-state index in [0.29, 0.717) is 16.9 Å². The van der Waals surface area contributed by atoms with E-state index >= 15 is 0 Å². The number of aromatic nitrogens is 3. The van der Waals surface area contributed by atoms with E-state index in [4.69, 9.17) is 0 Å². The molecule has 0 aliphatic carbocycles. The fraction of sp³-hybridized carbons (Fsp3) is 0.258. The number of thioether (sulfide) groups is 1. The van der Waals surface area contributed by atoms with Gasteiger partial charge in [-0.05, 0) is 78.6 Å². The molecule has 0 radical (unpaired) electrons. The number of nitrogens with zero attached hydrogens (tertiary/aromatic N) is 5. The van der Waals surface area contributed by atoms with Gasteiger partial charge in [0.2, 0.25) is 5.91 Å². The summed E-state index contributed by atoms with van der Waals surface area (Å²) in [7, 11) is 1.48. The number of carbonyl (C=O) groups is 3. The largest absolute Gasteiger partial charge is 0.573 e. The summed E-state index contributed by atoms with van der Waals surface area (Å²) in [5, 5.41) is 9.85. The zero-order valence-electron chi connectivity index (χ0n) is 25.2. The molecule has 1 saturated heterocycles. The van der Waals surface area contributed by atoms with E-state index < -0.39 is 23.8 Å². The molecule has 1 fully saturated rings. The van der Waals surface area contributed by atoms with Gasteiger partial charge in [-0.2, -0.15) is 4.98 Å². The molecule has 0 saturated carbocycles. The van der Waals surface area contributed by atoms with Crippen LogP contribution in [0.25, 0.3) is 5.69 Å². The Labute approximate surface area is 266 Å². The van der Waals surface area contributed by atoms with Gasteiger partial charge in [0.25, 0.3) is 11.9 Å². The molecular weight excluding hydrogens is 623 g/mol. The van der Waals surface area contributed by atoms with Crippen molar-refractivity contribution in [1.82, 2.24) is 20.1 Å². The summed E-state index contributed by atoms with van der Waals surface area (Å²) in [5.74, 6) is -0.434. The lowest BCUT2D eigenvalue weighted by molar-refractivity contribution is -0.274. The Bertz CT molecular complexity index is 1740. The minimum absolute atomic E-state index is 0.0598. The van der Waals surface area contributed by atoms with E-state index in [2.05, 4.69) is 39.3 Å². The van der Waals surface area contributed by atoms with Gasteiger partial charge < -0.3 is 15.4 Å². The summed E-state index contributed by atoms with van der Waals surface area (Å²) < 4.78 is 42.5. The smallest absolute Gasteiger partial charge is 0.406 e. The maximum atomic E-state index is 13.1. The van der Waals surface area contributed by atoms with E-state index in [1.54, 1.807) is 17.0 Å². The van der Waals surface area contributed by atoms with Gasteiger partial charge in [0.05, 0.1) is 17.1 Å². The van der Waals surface area contributed by atoms with E-state index in [1.807, 2.05) is 25.1 Å². The number of ether oxygens (including phenoxy) is 1. The van der Waals surface area contributed by atoms with Crippen LogP contribution in [0.15, 0.2) is 73.1 Å². The highest BCUT2D eigenvalue weighted by Crippen LogP contribution is 2.35. The molecule has 15 heteroatoms. The fourth-order valence-corrected chi connectivity index (χ4v) is 5.75. The van der Waals surface area contributed by atoms with Gasteiger partial charge >= 0.3 is 12.4 Å². The number of urea groups is 1. The first-order chi connectivity index (χ1) is 21.8. The predicted molar refractivity (Wildman–Crippen MR) is 168 cm³/mol. The number of benzene rings is 3. The van der Waals surface area contributed by atoms with Crippen LogP contribution < -0.4 is 25.2 Å². The topological polar surface area (TPSA) is 122 Å². The van der Waals surface area contributed by atoms with Crippen molar-refractivity contribution in [3.8, 4) is 11.4 Å². The van der Waals surface area contributed by atoms with Gasteiger partial charge in [0.15, 0.2) is 5.50 Å². The molecule has 4 amide bonds. The van der Waals surface area contributed by atoms with Crippen LogP contribution >= 0.6 is 11.8 Å². The second-order valence-electron chi connectivity index (χ2n) is 10.7. The Hall–Kier alpha value is -5.05. The summed E-state index contributed by atoms with van der Waals surface area (Å²) in [4.78, 5) is 45.8. The molecule has 4 aromatic rings. The highest BCUT2D eigenvalue weighted by Gasteiger charge is 2.36. The van der Waals surface area contributed by atoms with Gasteiger partial charge in [0.1, 0.15) is 12.1 Å². The average molecular weight is 654 g/mol. The SMILES string of the molecule is Cc1ccc(C(C)C)c(N2C(=O)CSC2NC(=O)Nc2ccc(C(=O)N(C)c3ncn(-c4ccc(OC(F)(F)F)cc4)n3)cc2)c1. The van der Waals surface area contributed by atoms with E-state index in [9.17, 15) is 27.6 Å². The predicted octanol–water partition coefficient (Wildman–Crippen LogP) is 6.06. The highest BCUT2D eigenvalue weighted by atomic mass is 32.2. The van der Waals surface area contributed by atoms with Crippen molar-refractivity contribution >= 4 is 46.9 Å². The third-order valence-electron chi connectivity index (χ3n) is 7.00. The van der Waals surface area contributed by atoms with Gasteiger partial charge in [0, 0.05) is 18.3 Å². The maximum absolute atomic E-state index is 13.1. The Morgan fingerprint density at radius 1 is 1.07 bits per heavy atom. The van der Waals surface area contributed by atoms with E-state index in [1.165, 1.54) is 59.0 Å². The van der Waals surface area contributed by atoms with E-state index in [0.717, 1.165) is 28.9 Å². The minimum atomic E-state index is -4.80. The van der Waals surface area contributed by atoms with Gasteiger partial charge in [-0.1, -0.05) is 26.0 Å².